The van der Waals surface area contributed by atoms with Crippen molar-refractivity contribution in [1.82, 2.24) is 14.9 Å². The molecule has 0 amide bonds. The quantitative estimate of drug-likeness (QED) is 0.235. The highest BCUT2D eigenvalue weighted by atomic mass is 19.1. The van der Waals surface area contributed by atoms with Gasteiger partial charge in [-0.15, -0.1) is 6.42 Å². The predicted molar refractivity (Wildman–Crippen MR) is 168 cm³/mol. The zero-order valence-electron chi connectivity index (χ0n) is 24.7. The molecule has 0 radical (unpaired) electrons. The van der Waals surface area contributed by atoms with Gasteiger partial charge in [0.2, 0.25) is 0 Å². The Morgan fingerprint density at radius 1 is 1.05 bits per heavy atom. The van der Waals surface area contributed by atoms with E-state index >= 15 is 4.39 Å². The Morgan fingerprint density at radius 2 is 1.89 bits per heavy atom. The Kier molecular flexibility index (Phi) is 6.61. The molecule has 8 rings (SSSR count). The molecule has 1 unspecified atom stereocenters. The number of fused-ring (bicyclic) bond motifs is 4. The highest BCUT2D eigenvalue weighted by molar-refractivity contribution is 6.05. The van der Waals surface area contributed by atoms with Gasteiger partial charge in [-0.05, 0) is 98.8 Å². The molecule has 4 aliphatic rings. The molecule has 3 fully saturated rings. The van der Waals surface area contributed by atoms with Crippen molar-refractivity contribution in [1.29, 1.82) is 0 Å². The summed E-state index contributed by atoms with van der Waals surface area (Å²) in [4.78, 5) is 14.5. The zero-order valence-corrected chi connectivity index (χ0v) is 24.7. The van der Waals surface area contributed by atoms with E-state index in [0.29, 0.717) is 59.5 Å². The van der Waals surface area contributed by atoms with Crippen LogP contribution in [0.15, 0.2) is 30.3 Å². The smallest absolute Gasteiger partial charge is 0.319 e. The van der Waals surface area contributed by atoms with Crippen LogP contribution in [0.4, 0.5) is 20.3 Å². The zero-order chi connectivity index (χ0) is 30.0. The summed E-state index contributed by atoms with van der Waals surface area (Å²) in [5.41, 5.74) is 8.67. The number of anilines is 2. The summed E-state index contributed by atoms with van der Waals surface area (Å²) in [7, 11) is 0. The molecule has 9 heteroatoms. The fourth-order valence-corrected chi connectivity index (χ4v) is 8.13. The lowest BCUT2D eigenvalue weighted by Gasteiger charge is -2.32. The monoisotopic (exact) mass is 595 g/mol. The van der Waals surface area contributed by atoms with Gasteiger partial charge in [0.25, 0.3) is 0 Å². The maximum Gasteiger partial charge on any atom is 0.319 e. The van der Waals surface area contributed by atoms with Gasteiger partial charge < -0.3 is 20.1 Å². The number of nitrogen functional groups attached to an aromatic ring is 1. The fourth-order valence-electron chi connectivity index (χ4n) is 8.13. The number of benzene rings is 3. The van der Waals surface area contributed by atoms with Gasteiger partial charge in [0.05, 0.1) is 23.8 Å². The van der Waals surface area contributed by atoms with Crippen molar-refractivity contribution < 1.29 is 18.3 Å². The van der Waals surface area contributed by atoms with Crippen molar-refractivity contribution in [3.8, 4) is 29.5 Å². The second-order valence-corrected chi connectivity index (χ2v) is 12.7. The van der Waals surface area contributed by atoms with E-state index in [9.17, 15) is 4.39 Å². The van der Waals surface area contributed by atoms with Crippen LogP contribution in [-0.2, 0) is 11.2 Å². The van der Waals surface area contributed by atoms with Gasteiger partial charge in [-0.1, -0.05) is 12.0 Å². The number of halogens is 2. The third-order valence-electron chi connectivity index (χ3n) is 10.2. The second-order valence-electron chi connectivity index (χ2n) is 12.7. The number of hydrogen-bond acceptors (Lipinski definition) is 7. The molecular formula is C35H35F2N5O2. The van der Waals surface area contributed by atoms with Crippen LogP contribution >= 0.6 is 0 Å². The van der Waals surface area contributed by atoms with Crippen LogP contribution in [0.5, 0.6) is 6.01 Å². The van der Waals surface area contributed by atoms with Crippen LogP contribution in [0.2, 0.25) is 0 Å². The van der Waals surface area contributed by atoms with Crippen molar-refractivity contribution in [2.45, 2.75) is 56.5 Å². The lowest BCUT2D eigenvalue weighted by Crippen LogP contribution is -2.43. The molecule has 226 valence electrons. The molecular weight excluding hydrogens is 560 g/mol. The molecule has 3 saturated heterocycles. The predicted octanol–water partition coefficient (Wildman–Crippen LogP) is 5.84. The van der Waals surface area contributed by atoms with Crippen LogP contribution < -0.4 is 15.4 Å². The Hall–Kier alpha value is -4.00. The van der Waals surface area contributed by atoms with Crippen LogP contribution in [0.1, 0.15) is 49.7 Å². The van der Waals surface area contributed by atoms with Crippen molar-refractivity contribution in [2.75, 3.05) is 50.1 Å². The lowest BCUT2D eigenvalue weighted by molar-refractivity contribution is 0.108. The summed E-state index contributed by atoms with van der Waals surface area (Å²) in [6.07, 6.45) is 12.6. The summed E-state index contributed by atoms with van der Waals surface area (Å²) >= 11 is 0. The molecule has 7 nitrogen and oxygen atoms in total. The molecule has 1 aromatic heterocycles. The molecule has 4 aromatic rings. The first-order chi connectivity index (χ1) is 21.5. The third-order valence-corrected chi connectivity index (χ3v) is 10.2. The number of nitrogens with zero attached hydrogens (tertiary/aromatic N) is 4. The van der Waals surface area contributed by atoms with E-state index in [1.807, 2.05) is 6.07 Å². The normalized spacial score (nSPS) is 21.1. The van der Waals surface area contributed by atoms with Crippen LogP contribution in [0.3, 0.4) is 0 Å². The van der Waals surface area contributed by atoms with Crippen LogP contribution in [0.25, 0.3) is 32.8 Å². The number of terminal acetylenes is 1. The first kappa shape index (κ1) is 27.5. The summed E-state index contributed by atoms with van der Waals surface area (Å²) in [6, 6.07) is 8.48. The minimum atomic E-state index is -0.536. The van der Waals surface area contributed by atoms with Crippen molar-refractivity contribution in [3.05, 3.63) is 53.1 Å². The number of hydrogen-bond donors (Lipinski definition) is 1. The topological polar surface area (TPSA) is 76.7 Å². The van der Waals surface area contributed by atoms with E-state index in [4.69, 9.17) is 31.6 Å². The van der Waals surface area contributed by atoms with Gasteiger partial charge in [0, 0.05) is 35.2 Å². The summed E-state index contributed by atoms with van der Waals surface area (Å²) in [5.74, 6) is 2.12. The number of nitrogens with two attached hydrogens (primary N) is 1. The first-order valence-electron chi connectivity index (χ1n) is 15.7. The minimum absolute atomic E-state index is 0.00680. The average molecular weight is 596 g/mol. The number of aryl methyl sites for hydroxylation is 1. The standard InChI is InChI=1S/C35H35F2N5O2/c1-2-25-28(36)9-7-21-16-23(38)18-26(29(21)25)27-17-22-6-8-24-19-43-15-5-14-42(24)33-30(22)32(31(27)37)39-34(40-33)44-20-35-10-3-12-41(35)13-4-11-35/h1,7,9,16-18,24H,3-6,8,10-15,19-20,38H2. The van der Waals surface area contributed by atoms with Crippen molar-refractivity contribution in [3.63, 3.8) is 0 Å². The van der Waals surface area contributed by atoms with Gasteiger partial charge in [-0.25, -0.2) is 8.78 Å². The molecule has 5 heterocycles. The highest BCUT2D eigenvalue weighted by Gasteiger charge is 2.45. The molecule has 1 atom stereocenters. The van der Waals surface area contributed by atoms with Gasteiger partial charge >= 0.3 is 6.01 Å². The minimum Gasteiger partial charge on any atom is -0.461 e. The van der Waals surface area contributed by atoms with Crippen LogP contribution in [-0.4, -0.2) is 65.9 Å². The van der Waals surface area contributed by atoms with Crippen molar-refractivity contribution in [2.24, 2.45) is 0 Å². The average Bonchev–Trinajstić information content (AvgIpc) is 3.46. The van der Waals surface area contributed by atoms with E-state index in [2.05, 4.69) is 15.7 Å². The molecule has 0 aliphatic carbocycles. The number of aromatic nitrogens is 2. The van der Waals surface area contributed by atoms with E-state index < -0.39 is 11.6 Å². The first-order valence-corrected chi connectivity index (χ1v) is 15.7. The molecule has 0 spiro atoms. The van der Waals surface area contributed by atoms with Crippen LogP contribution in [0, 0.1) is 24.0 Å². The summed E-state index contributed by atoms with van der Waals surface area (Å²) in [5, 5.41) is 1.80. The molecule has 3 aromatic carbocycles. The Labute approximate surface area is 255 Å². The highest BCUT2D eigenvalue weighted by Crippen LogP contribution is 2.44. The van der Waals surface area contributed by atoms with Gasteiger partial charge in [-0.2, -0.15) is 9.97 Å². The molecule has 44 heavy (non-hydrogen) atoms. The summed E-state index contributed by atoms with van der Waals surface area (Å²) in [6.45, 7) is 4.65. The maximum absolute atomic E-state index is 17.1. The Balaban J connectivity index is 1.34. The second kappa shape index (κ2) is 10.6. The van der Waals surface area contributed by atoms with Gasteiger partial charge in [0.1, 0.15) is 23.8 Å². The SMILES string of the molecule is C#Cc1c(F)ccc2cc(N)cc(-c3cc4c5c(nc(OCC67CCCN6CCC7)nc5c3F)N3CCCOCC3CC4)c12. The van der Waals surface area contributed by atoms with Crippen molar-refractivity contribution >= 4 is 33.2 Å². The van der Waals surface area contributed by atoms with E-state index in [-0.39, 0.29) is 34.2 Å². The fraction of sp³-hybridized carbons (Fsp3) is 0.429. The number of ether oxygens (including phenoxy) is 2. The van der Waals surface area contributed by atoms with Gasteiger partial charge in [0.15, 0.2) is 5.82 Å². The molecule has 0 saturated carbocycles. The summed E-state index contributed by atoms with van der Waals surface area (Å²) < 4.78 is 44.4. The lowest BCUT2D eigenvalue weighted by atomic mass is 9.90. The van der Waals surface area contributed by atoms with E-state index in [1.54, 1.807) is 18.2 Å². The third kappa shape index (κ3) is 4.30. The maximum atomic E-state index is 17.1. The molecule has 2 N–H and O–H groups in total. The number of rotatable bonds is 4. The largest absolute Gasteiger partial charge is 0.461 e. The molecule has 0 bridgehead atoms. The van der Waals surface area contributed by atoms with Gasteiger partial charge in [-0.3, -0.25) is 4.90 Å². The Bertz CT molecular complexity index is 1840. The Morgan fingerprint density at radius 3 is 2.70 bits per heavy atom. The van der Waals surface area contributed by atoms with E-state index in [1.165, 1.54) is 6.07 Å². The molecule has 4 aliphatic heterocycles. The van der Waals surface area contributed by atoms with E-state index in [0.717, 1.165) is 63.7 Å².